The number of benzene rings is 1. The van der Waals surface area contributed by atoms with Gasteiger partial charge in [-0.15, -0.1) is 5.10 Å². The second-order valence-corrected chi connectivity index (χ2v) is 4.14. The number of aryl methyl sites for hydroxylation is 1. The Morgan fingerprint density at radius 2 is 2.26 bits per heavy atom. The molecule has 1 N–H and O–H groups in total. The lowest BCUT2D eigenvalue weighted by molar-refractivity contribution is 0.171. The van der Waals surface area contributed by atoms with E-state index in [0.29, 0.717) is 28.5 Å². The number of methoxy groups -OCH3 is 1. The first-order chi connectivity index (χ1) is 9.20. The average Bonchev–Trinajstić information content (AvgIpc) is 3.04. The molecule has 0 amide bonds. The van der Waals surface area contributed by atoms with Gasteiger partial charge in [-0.2, -0.15) is 0 Å². The minimum atomic E-state index is -0.858. The molecule has 0 spiro atoms. The lowest BCUT2D eigenvalue weighted by atomic mass is 10.1. The van der Waals surface area contributed by atoms with Crippen molar-refractivity contribution in [2.75, 3.05) is 13.9 Å². The number of hydrogen-bond acceptors (Lipinski definition) is 6. The van der Waals surface area contributed by atoms with Crippen molar-refractivity contribution >= 4 is 0 Å². The number of aliphatic hydroxyl groups is 1. The van der Waals surface area contributed by atoms with Crippen LogP contribution in [0.15, 0.2) is 18.3 Å². The molecule has 2 heterocycles. The third-order valence-electron chi connectivity index (χ3n) is 3.03. The quantitative estimate of drug-likeness (QED) is 0.875. The summed E-state index contributed by atoms with van der Waals surface area (Å²) in [5.74, 6) is 1.64. The molecule has 7 nitrogen and oxygen atoms in total. The Morgan fingerprint density at radius 1 is 1.42 bits per heavy atom. The van der Waals surface area contributed by atoms with Crippen LogP contribution in [-0.4, -0.2) is 34.0 Å². The number of nitrogens with zero attached hydrogens (tertiary/aromatic N) is 3. The van der Waals surface area contributed by atoms with Crippen molar-refractivity contribution in [2.45, 2.75) is 6.10 Å². The van der Waals surface area contributed by atoms with Gasteiger partial charge in [0, 0.05) is 7.05 Å². The molecule has 100 valence electrons. The summed E-state index contributed by atoms with van der Waals surface area (Å²) in [5.41, 5.74) is 1.22. The van der Waals surface area contributed by atoms with E-state index in [0.717, 1.165) is 0 Å². The van der Waals surface area contributed by atoms with Crippen LogP contribution in [0.4, 0.5) is 0 Å². The van der Waals surface area contributed by atoms with Crippen LogP contribution in [0.5, 0.6) is 17.2 Å². The zero-order valence-corrected chi connectivity index (χ0v) is 10.5. The summed E-state index contributed by atoms with van der Waals surface area (Å²) in [7, 11) is 3.26. The van der Waals surface area contributed by atoms with E-state index in [1.54, 1.807) is 26.3 Å². The van der Waals surface area contributed by atoms with Gasteiger partial charge >= 0.3 is 0 Å². The molecular formula is C12H13N3O4. The molecule has 1 aliphatic rings. The van der Waals surface area contributed by atoms with Gasteiger partial charge < -0.3 is 19.3 Å². The summed E-state index contributed by atoms with van der Waals surface area (Å²) < 4.78 is 17.4. The first-order valence-corrected chi connectivity index (χ1v) is 5.71. The standard InChI is InChI=1S/C12H13N3O4/c1-15-8(5-13-14-15)11(16)7-3-9(17-2)12-10(4-7)18-6-19-12/h3-5,11,16H,6H2,1-2H3. The molecule has 19 heavy (non-hydrogen) atoms. The molecule has 1 atom stereocenters. The highest BCUT2D eigenvalue weighted by molar-refractivity contribution is 5.56. The molecule has 3 rings (SSSR count). The minimum Gasteiger partial charge on any atom is -0.493 e. The largest absolute Gasteiger partial charge is 0.493 e. The fraction of sp³-hybridized carbons (Fsp3) is 0.333. The summed E-state index contributed by atoms with van der Waals surface area (Å²) in [4.78, 5) is 0. The molecule has 2 aromatic rings. The van der Waals surface area contributed by atoms with Gasteiger partial charge in [0.15, 0.2) is 11.5 Å². The fourth-order valence-electron chi connectivity index (χ4n) is 2.02. The summed E-state index contributed by atoms with van der Waals surface area (Å²) in [6.07, 6.45) is 0.658. The Labute approximate surface area is 109 Å². The van der Waals surface area contributed by atoms with Crippen molar-refractivity contribution in [3.05, 3.63) is 29.6 Å². The number of hydrogen-bond donors (Lipinski definition) is 1. The van der Waals surface area contributed by atoms with Gasteiger partial charge in [0.05, 0.1) is 19.0 Å². The summed E-state index contributed by atoms with van der Waals surface area (Å²) in [6.45, 7) is 0.151. The van der Waals surface area contributed by atoms with E-state index in [2.05, 4.69) is 10.3 Å². The predicted octanol–water partition coefficient (Wildman–Crippen LogP) is 0.634. The molecule has 1 aliphatic heterocycles. The fourth-order valence-corrected chi connectivity index (χ4v) is 2.02. The monoisotopic (exact) mass is 263 g/mol. The lowest BCUT2D eigenvalue weighted by Gasteiger charge is -2.13. The predicted molar refractivity (Wildman–Crippen MR) is 64.2 cm³/mol. The Balaban J connectivity index is 2.04. The topological polar surface area (TPSA) is 78.6 Å². The van der Waals surface area contributed by atoms with Crippen LogP contribution in [0.2, 0.25) is 0 Å². The van der Waals surface area contributed by atoms with Gasteiger partial charge in [-0.3, -0.25) is 0 Å². The maximum absolute atomic E-state index is 10.4. The van der Waals surface area contributed by atoms with Crippen molar-refractivity contribution in [1.29, 1.82) is 0 Å². The van der Waals surface area contributed by atoms with Crippen LogP contribution in [0.25, 0.3) is 0 Å². The summed E-state index contributed by atoms with van der Waals surface area (Å²) in [5, 5.41) is 17.9. The number of aliphatic hydroxyl groups excluding tert-OH is 1. The van der Waals surface area contributed by atoms with Crippen molar-refractivity contribution < 1.29 is 19.3 Å². The zero-order valence-electron chi connectivity index (χ0n) is 10.5. The van der Waals surface area contributed by atoms with Gasteiger partial charge in [0.1, 0.15) is 6.10 Å². The minimum absolute atomic E-state index is 0.151. The highest BCUT2D eigenvalue weighted by atomic mass is 16.7. The Morgan fingerprint density at radius 3 is 2.95 bits per heavy atom. The molecule has 1 unspecified atom stereocenters. The molecule has 1 aromatic heterocycles. The molecule has 1 aromatic carbocycles. The Kier molecular flexibility index (Phi) is 2.75. The van der Waals surface area contributed by atoms with E-state index >= 15 is 0 Å². The van der Waals surface area contributed by atoms with Crippen LogP contribution in [0.1, 0.15) is 17.4 Å². The van der Waals surface area contributed by atoms with E-state index in [9.17, 15) is 5.11 Å². The maximum Gasteiger partial charge on any atom is 0.231 e. The van der Waals surface area contributed by atoms with Gasteiger partial charge in [-0.05, 0) is 17.7 Å². The van der Waals surface area contributed by atoms with Crippen LogP contribution >= 0.6 is 0 Å². The van der Waals surface area contributed by atoms with Gasteiger partial charge in [-0.25, -0.2) is 4.68 Å². The number of ether oxygens (including phenoxy) is 3. The van der Waals surface area contributed by atoms with Crippen molar-refractivity contribution in [2.24, 2.45) is 7.05 Å². The highest BCUT2D eigenvalue weighted by Gasteiger charge is 2.24. The summed E-state index contributed by atoms with van der Waals surface area (Å²) in [6, 6.07) is 3.44. The molecule has 0 aliphatic carbocycles. The Hall–Kier alpha value is -2.28. The third kappa shape index (κ3) is 1.88. The van der Waals surface area contributed by atoms with Crippen LogP contribution < -0.4 is 14.2 Å². The first kappa shape index (κ1) is 11.8. The van der Waals surface area contributed by atoms with Crippen molar-refractivity contribution in [1.82, 2.24) is 15.0 Å². The van der Waals surface area contributed by atoms with Crippen LogP contribution in [0, 0.1) is 0 Å². The second kappa shape index (κ2) is 4.43. The van der Waals surface area contributed by atoms with Crippen LogP contribution in [-0.2, 0) is 7.05 Å². The molecular weight excluding hydrogens is 250 g/mol. The van der Waals surface area contributed by atoms with E-state index in [1.807, 2.05) is 0 Å². The van der Waals surface area contributed by atoms with E-state index < -0.39 is 6.10 Å². The SMILES string of the molecule is COc1cc(C(O)c2cnnn2C)cc2c1OCO2. The van der Waals surface area contributed by atoms with Gasteiger partial charge in [0.2, 0.25) is 12.5 Å². The van der Waals surface area contributed by atoms with E-state index in [4.69, 9.17) is 14.2 Å². The number of rotatable bonds is 3. The molecule has 0 fully saturated rings. The Bertz CT molecular complexity index is 611. The molecule has 0 saturated heterocycles. The third-order valence-corrected chi connectivity index (χ3v) is 3.03. The summed E-state index contributed by atoms with van der Waals surface area (Å²) >= 11 is 0. The van der Waals surface area contributed by atoms with Crippen molar-refractivity contribution in [3.63, 3.8) is 0 Å². The molecule has 7 heteroatoms. The highest BCUT2D eigenvalue weighted by Crippen LogP contribution is 2.43. The van der Waals surface area contributed by atoms with Crippen molar-refractivity contribution in [3.8, 4) is 17.2 Å². The average molecular weight is 263 g/mol. The lowest BCUT2D eigenvalue weighted by Crippen LogP contribution is -2.07. The first-order valence-electron chi connectivity index (χ1n) is 5.71. The molecule has 0 bridgehead atoms. The van der Waals surface area contributed by atoms with Gasteiger partial charge in [0.25, 0.3) is 0 Å². The maximum atomic E-state index is 10.4. The zero-order chi connectivity index (χ0) is 13.4. The molecule has 0 radical (unpaired) electrons. The van der Waals surface area contributed by atoms with Gasteiger partial charge in [-0.1, -0.05) is 5.21 Å². The normalized spacial score (nSPS) is 14.5. The van der Waals surface area contributed by atoms with E-state index in [-0.39, 0.29) is 6.79 Å². The van der Waals surface area contributed by atoms with Crippen LogP contribution in [0.3, 0.4) is 0 Å². The smallest absolute Gasteiger partial charge is 0.231 e. The number of aromatic nitrogens is 3. The molecule has 0 saturated carbocycles. The number of fused-ring (bicyclic) bond motifs is 1. The van der Waals surface area contributed by atoms with E-state index in [1.165, 1.54) is 10.9 Å². The second-order valence-electron chi connectivity index (χ2n) is 4.14.